The highest BCUT2D eigenvalue weighted by molar-refractivity contribution is 4.88. The molecule has 1 saturated carbocycles. The van der Waals surface area contributed by atoms with Gasteiger partial charge in [0, 0.05) is 19.1 Å². The van der Waals surface area contributed by atoms with Gasteiger partial charge in [-0.25, -0.2) is 0 Å². The van der Waals surface area contributed by atoms with Gasteiger partial charge in [-0.1, -0.05) is 47.0 Å². The third-order valence-electron chi connectivity index (χ3n) is 4.76. The van der Waals surface area contributed by atoms with Crippen molar-refractivity contribution in [2.24, 2.45) is 23.0 Å². The SMILES string of the molecule is CCC(C)C(N)CNCC1(CC(C)C)CCCC1. The molecule has 3 N–H and O–H groups in total. The average molecular weight is 254 g/mol. The van der Waals surface area contributed by atoms with E-state index < -0.39 is 0 Å². The first-order valence-corrected chi connectivity index (χ1v) is 7.95. The zero-order valence-corrected chi connectivity index (χ0v) is 13.0. The molecule has 0 aromatic rings. The van der Waals surface area contributed by atoms with Crippen molar-refractivity contribution in [3.63, 3.8) is 0 Å². The van der Waals surface area contributed by atoms with Crippen LogP contribution in [0.15, 0.2) is 0 Å². The van der Waals surface area contributed by atoms with Crippen LogP contribution in [0.1, 0.15) is 66.2 Å². The molecule has 1 aliphatic carbocycles. The average Bonchev–Trinajstić information content (AvgIpc) is 2.75. The summed E-state index contributed by atoms with van der Waals surface area (Å²) >= 11 is 0. The van der Waals surface area contributed by atoms with E-state index in [1.54, 1.807) is 0 Å². The largest absolute Gasteiger partial charge is 0.326 e. The van der Waals surface area contributed by atoms with Gasteiger partial charge < -0.3 is 11.1 Å². The minimum atomic E-state index is 0.313. The maximum atomic E-state index is 6.19. The monoisotopic (exact) mass is 254 g/mol. The molecule has 2 heteroatoms. The van der Waals surface area contributed by atoms with Gasteiger partial charge in [0.25, 0.3) is 0 Å². The van der Waals surface area contributed by atoms with Gasteiger partial charge >= 0.3 is 0 Å². The number of rotatable bonds is 8. The third kappa shape index (κ3) is 4.89. The van der Waals surface area contributed by atoms with E-state index in [2.05, 4.69) is 33.0 Å². The number of hydrogen-bond donors (Lipinski definition) is 2. The highest BCUT2D eigenvalue weighted by atomic mass is 14.9. The highest BCUT2D eigenvalue weighted by Crippen LogP contribution is 2.42. The molecule has 18 heavy (non-hydrogen) atoms. The van der Waals surface area contributed by atoms with E-state index in [0.29, 0.717) is 17.4 Å². The lowest BCUT2D eigenvalue weighted by Gasteiger charge is -2.32. The first-order chi connectivity index (χ1) is 8.49. The lowest BCUT2D eigenvalue weighted by Crippen LogP contribution is -2.42. The van der Waals surface area contributed by atoms with Crippen LogP contribution in [0.25, 0.3) is 0 Å². The summed E-state index contributed by atoms with van der Waals surface area (Å²) in [4.78, 5) is 0. The molecule has 2 atom stereocenters. The lowest BCUT2D eigenvalue weighted by molar-refractivity contribution is 0.220. The van der Waals surface area contributed by atoms with Crippen LogP contribution in [0.5, 0.6) is 0 Å². The zero-order chi connectivity index (χ0) is 13.6. The Morgan fingerprint density at radius 1 is 1.17 bits per heavy atom. The Labute approximate surface area is 114 Å². The fraction of sp³-hybridized carbons (Fsp3) is 1.00. The van der Waals surface area contributed by atoms with Gasteiger partial charge in [-0.3, -0.25) is 0 Å². The molecular weight excluding hydrogens is 220 g/mol. The first-order valence-electron chi connectivity index (χ1n) is 7.95. The first kappa shape index (κ1) is 16.0. The molecule has 0 radical (unpaired) electrons. The van der Waals surface area contributed by atoms with Crippen LogP contribution in [0, 0.1) is 17.3 Å². The predicted octanol–water partition coefficient (Wildman–Crippen LogP) is 3.56. The molecule has 2 unspecified atom stereocenters. The predicted molar refractivity (Wildman–Crippen MR) is 80.7 cm³/mol. The molecule has 2 nitrogen and oxygen atoms in total. The topological polar surface area (TPSA) is 38.0 Å². The maximum absolute atomic E-state index is 6.19. The van der Waals surface area contributed by atoms with E-state index in [0.717, 1.165) is 12.5 Å². The zero-order valence-electron chi connectivity index (χ0n) is 13.0. The molecule has 1 fully saturated rings. The Balaban J connectivity index is 2.34. The fourth-order valence-electron chi connectivity index (χ4n) is 3.45. The Hall–Kier alpha value is -0.0800. The molecule has 0 aromatic heterocycles. The summed E-state index contributed by atoms with van der Waals surface area (Å²) in [5.74, 6) is 1.44. The van der Waals surface area contributed by atoms with E-state index in [9.17, 15) is 0 Å². The fourth-order valence-corrected chi connectivity index (χ4v) is 3.45. The van der Waals surface area contributed by atoms with Crippen molar-refractivity contribution in [3.8, 4) is 0 Å². The minimum Gasteiger partial charge on any atom is -0.326 e. The summed E-state index contributed by atoms with van der Waals surface area (Å²) < 4.78 is 0. The van der Waals surface area contributed by atoms with Gasteiger partial charge in [0.15, 0.2) is 0 Å². The van der Waals surface area contributed by atoms with Gasteiger partial charge in [-0.2, -0.15) is 0 Å². The Morgan fingerprint density at radius 2 is 1.78 bits per heavy atom. The van der Waals surface area contributed by atoms with Crippen LogP contribution in [0.3, 0.4) is 0 Å². The molecule has 0 aromatic carbocycles. The lowest BCUT2D eigenvalue weighted by atomic mass is 9.78. The van der Waals surface area contributed by atoms with E-state index >= 15 is 0 Å². The number of nitrogens with two attached hydrogens (primary N) is 1. The minimum absolute atomic E-state index is 0.313. The summed E-state index contributed by atoms with van der Waals surface area (Å²) in [6.45, 7) is 11.3. The van der Waals surface area contributed by atoms with Gasteiger partial charge in [-0.15, -0.1) is 0 Å². The van der Waals surface area contributed by atoms with Crippen LogP contribution < -0.4 is 11.1 Å². The summed E-state index contributed by atoms with van der Waals surface area (Å²) in [5, 5.41) is 3.66. The summed E-state index contributed by atoms with van der Waals surface area (Å²) in [6.07, 6.45) is 8.23. The molecule has 1 rings (SSSR count). The molecular formula is C16H34N2. The van der Waals surface area contributed by atoms with E-state index in [-0.39, 0.29) is 0 Å². The van der Waals surface area contributed by atoms with Crippen molar-refractivity contribution in [3.05, 3.63) is 0 Å². The molecule has 0 heterocycles. The quantitative estimate of drug-likeness (QED) is 0.695. The summed E-state index contributed by atoms with van der Waals surface area (Å²) in [6, 6.07) is 0.313. The number of nitrogens with one attached hydrogen (secondary N) is 1. The summed E-state index contributed by atoms with van der Waals surface area (Å²) in [7, 11) is 0. The van der Waals surface area contributed by atoms with E-state index in [1.165, 1.54) is 45.1 Å². The normalized spacial score (nSPS) is 22.3. The van der Waals surface area contributed by atoms with Crippen LogP contribution in [0.2, 0.25) is 0 Å². The highest BCUT2D eigenvalue weighted by Gasteiger charge is 2.33. The second-order valence-corrected chi connectivity index (χ2v) is 6.99. The van der Waals surface area contributed by atoms with Crippen molar-refractivity contribution in [1.29, 1.82) is 0 Å². The van der Waals surface area contributed by atoms with Crippen molar-refractivity contribution < 1.29 is 0 Å². The van der Waals surface area contributed by atoms with Gasteiger partial charge in [0.2, 0.25) is 0 Å². The maximum Gasteiger partial charge on any atom is 0.0191 e. The van der Waals surface area contributed by atoms with Crippen LogP contribution in [0.4, 0.5) is 0 Å². The van der Waals surface area contributed by atoms with Crippen LogP contribution in [-0.4, -0.2) is 19.1 Å². The van der Waals surface area contributed by atoms with Gasteiger partial charge in [0.1, 0.15) is 0 Å². The van der Waals surface area contributed by atoms with Crippen molar-refractivity contribution >= 4 is 0 Å². The van der Waals surface area contributed by atoms with Gasteiger partial charge in [-0.05, 0) is 36.5 Å². The van der Waals surface area contributed by atoms with Crippen LogP contribution >= 0.6 is 0 Å². The molecule has 0 bridgehead atoms. The summed E-state index contributed by atoms with van der Waals surface area (Å²) in [5.41, 5.74) is 6.77. The van der Waals surface area contributed by atoms with E-state index in [4.69, 9.17) is 5.73 Å². The second-order valence-electron chi connectivity index (χ2n) is 6.99. The van der Waals surface area contributed by atoms with Crippen molar-refractivity contribution in [1.82, 2.24) is 5.32 Å². The van der Waals surface area contributed by atoms with Crippen LogP contribution in [-0.2, 0) is 0 Å². The third-order valence-corrected chi connectivity index (χ3v) is 4.76. The van der Waals surface area contributed by atoms with Crippen molar-refractivity contribution in [2.45, 2.75) is 72.3 Å². The molecule has 0 spiro atoms. The molecule has 1 aliphatic rings. The molecule has 0 saturated heterocycles. The van der Waals surface area contributed by atoms with E-state index in [1.807, 2.05) is 0 Å². The second kappa shape index (κ2) is 7.49. The molecule has 108 valence electrons. The Kier molecular flexibility index (Phi) is 6.65. The standard InChI is InChI=1S/C16H34N2/c1-5-14(4)15(17)11-18-12-16(10-13(2)3)8-6-7-9-16/h13-15,18H,5-12,17H2,1-4H3. The number of hydrogen-bond acceptors (Lipinski definition) is 2. The Morgan fingerprint density at radius 3 is 2.28 bits per heavy atom. The molecule has 0 amide bonds. The van der Waals surface area contributed by atoms with Crippen molar-refractivity contribution in [2.75, 3.05) is 13.1 Å². The van der Waals surface area contributed by atoms with Gasteiger partial charge in [0.05, 0.1) is 0 Å². The smallest absolute Gasteiger partial charge is 0.0191 e. The Bertz CT molecular complexity index is 219. The molecule has 0 aliphatic heterocycles.